The standard InChI is InChI=1S/C23H36N4OS.HI/c1-17-4-6-19(7-5-17)18(2)16-25-23(24-3)26-21-10-8-20(9-11-21)22(28)27-12-14-29-15-13-27;/h4-7,18,20-21H,8-16H2,1-3H3,(H2,24,25,26);1H. The molecule has 1 aliphatic carbocycles. The number of rotatable bonds is 5. The largest absolute Gasteiger partial charge is 0.356 e. The maximum Gasteiger partial charge on any atom is 0.225 e. The minimum atomic E-state index is 0. The summed E-state index contributed by atoms with van der Waals surface area (Å²) in [6, 6.07) is 9.15. The Balaban J connectivity index is 0.00000320. The van der Waals surface area contributed by atoms with Crippen molar-refractivity contribution in [3.63, 3.8) is 0 Å². The van der Waals surface area contributed by atoms with Gasteiger partial charge in [0.1, 0.15) is 0 Å². The number of amides is 1. The molecule has 30 heavy (non-hydrogen) atoms. The van der Waals surface area contributed by atoms with Crippen molar-refractivity contribution in [3.8, 4) is 0 Å². The summed E-state index contributed by atoms with van der Waals surface area (Å²) in [5.74, 6) is 4.07. The summed E-state index contributed by atoms with van der Waals surface area (Å²) >= 11 is 1.95. The third kappa shape index (κ3) is 7.32. The van der Waals surface area contributed by atoms with Gasteiger partial charge in [0.25, 0.3) is 0 Å². The fourth-order valence-corrected chi connectivity index (χ4v) is 5.08. The normalized spacial score (nSPS) is 23.3. The molecule has 2 aliphatic rings. The Labute approximate surface area is 203 Å². The van der Waals surface area contributed by atoms with Crippen LogP contribution in [-0.4, -0.2) is 61.0 Å². The average molecular weight is 545 g/mol. The van der Waals surface area contributed by atoms with E-state index in [9.17, 15) is 4.79 Å². The Morgan fingerprint density at radius 2 is 1.80 bits per heavy atom. The molecule has 0 spiro atoms. The second kappa shape index (κ2) is 12.8. The molecule has 5 nitrogen and oxygen atoms in total. The van der Waals surface area contributed by atoms with Gasteiger partial charge in [0.15, 0.2) is 5.96 Å². The van der Waals surface area contributed by atoms with E-state index in [1.165, 1.54) is 11.1 Å². The van der Waals surface area contributed by atoms with Crippen molar-refractivity contribution < 1.29 is 4.79 Å². The highest BCUT2D eigenvalue weighted by Crippen LogP contribution is 2.27. The van der Waals surface area contributed by atoms with E-state index in [0.29, 0.717) is 17.9 Å². The van der Waals surface area contributed by atoms with Gasteiger partial charge < -0.3 is 15.5 Å². The molecule has 1 amide bonds. The quantitative estimate of drug-likeness (QED) is 0.334. The lowest BCUT2D eigenvalue weighted by Gasteiger charge is -2.34. The molecule has 1 saturated carbocycles. The van der Waals surface area contributed by atoms with Gasteiger partial charge in [0.2, 0.25) is 5.91 Å². The maximum absolute atomic E-state index is 12.7. The minimum absolute atomic E-state index is 0. The van der Waals surface area contributed by atoms with E-state index in [4.69, 9.17) is 0 Å². The second-order valence-electron chi connectivity index (χ2n) is 8.40. The van der Waals surface area contributed by atoms with E-state index < -0.39 is 0 Å². The summed E-state index contributed by atoms with van der Waals surface area (Å²) in [6.45, 7) is 7.06. The Kier molecular flexibility index (Phi) is 10.8. The van der Waals surface area contributed by atoms with Crippen molar-refractivity contribution in [2.45, 2.75) is 51.5 Å². The molecule has 1 heterocycles. The Morgan fingerprint density at radius 1 is 1.17 bits per heavy atom. The van der Waals surface area contributed by atoms with Crippen LogP contribution in [0.1, 0.15) is 49.7 Å². The number of thioether (sulfide) groups is 1. The number of hydrogen-bond donors (Lipinski definition) is 2. The number of benzene rings is 1. The molecule has 168 valence electrons. The SMILES string of the molecule is CN=C(NCC(C)c1ccc(C)cc1)NC1CCC(C(=O)N2CCSCC2)CC1.I. The van der Waals surface area contributed by atoms with E-state index in [1.807, 2.05) is 18.8 Å². The molecule has 1 aromatic rings. The number of hydrogen-bond acceptors (Lipinski definition) is 3. The zero-order valence-corrected chi connectivity index (χ0v) is 21.7. The molecule has 0 aromatic heterocycles. The topological polar surface area (TPSA) is 56.7 Å². The van der Waals surface area contributed by atoms with Crippen LogP contribution in [0.4, 0.5) is 0 Å². The lowest BCUT2D eigenvalue weighted by atomic mass is 9.85. The number of nitrogens with zero attached hydrogens (tertiary/aromatic N) is 2. The summed E-state index contributed by atoms with van der Waals surface area (Å²) < 4.78 is 0. The number of aliphatic imine (C=N–C) groups is 1. The van der Waals surface area contributed by atoms with Crippen LogP contribution in [-0.2, 0) is 4.79 Å². The third-order valence-corrected chi connectivity index (χ3v) is 7.13. The Bertz CT molecular complexity index is 683. The molecule has 0 bridgehead atoms. The van der Waals surface area contributed by atoms with Gasteiger partial charge in [-0.1, -0.05) is 36.8 Å². The number of carbonyl (C=O) groups excluding carboxylic acids is 1. The lowest BCUT2D eigenvalue weighted by molar-refractivity contribution is -0.136. The van der Waals surface area contributed by atoms with Gasteiger partial charge >= 0.3 is 0 Å². The van der Waals surface area contributed by atoms with E-state index in [0.717, 1.165) is 62.8 Å². The maximum atomic E-state index is 12.7. The van der Waals surface area contributed by atoms with E-state index in [2.05, 4.69) is 58.6 Å². The van der Waals surface area contributed by atoms with E-state index >= 15 is 0 Å². The van der Waals surface area contributed by atoms with Crippen LogP contribution in [0.2, 0.25) is 0 Å². The highest BCUT2D eigenvalue weighted by molar-refractivity contribution is 14.0. The third-order valence-electron chi connectivity index (χ3n) is 6.19. The fourth-order valence-electron chi connectivity index (χ4n) is 4.18. The zero-order chi connectivity index (χ0) is 20.6. The Hall–Kier alpha value is -0.960. The number of aryl methyl sites for hydroxylation is 1. The number of carbonyl (C=O) groups is 1. The highest BCUT2D eigenvalue weighted by atomic mass is 127. The molecule has 2 N–H and O–H groups in total. The molecule has 3 rings (SSSR count). The number of halogens is 1. The molecule has 1 aromatic carbocycles. The summed E-state index contributed by atoms with van der Waals surface area (Å²) in [4.78, 5) is 19.2. The predicted molar refractivity (Wildman–Crippen MR) is 139 cm³/mol. The van der Waals surface area contributed by atoms with Crippen LogP contribution in [0.25, 0.3) is 0 Å². The van der Waals surface area contributed by atoms with Gasteiger partial charge in [0, 0.05) is 50.1 Å². The molecule has 1 unspecified atom stereocenters. The van der Waals surface area contributed by atoms with Crippen molar-refractivity contribution in [2.75, 3.05) is 38.2 Å². The van der Waals surface area contributed by atoms with Crippen molar-refractivity contribution in [2.24, 2.45) is 10.9 Å². The smallest absolute Gasteiger partial charge is 0.225 e. The molecular weight excluding hydrogens is 507 g/mol. The average Bonchev–Trinajstić information content (AvgIpc) is 2.77. The first-order valence-corrected chi connectivity index (χ1v) is 12.1. The summed E-state index contributed by atoms with van der Waals surface area (Å²) in [5, 5.41) is 7.05. The van der Waals surface area contributed by atoms with E-state index in [-0.39, 0.29) is 29.9 Å². The highest BCUT2D eigenvalue weighted by Gasteiger charge is 2.30. The van der Waals surface area contributed by atoms with Gasteiger partial charge in [-0.3, -0.25) is 9.79 Å². The number of guanidine groups is 1. The molecule has 0 radical (unpaired) electrons. The summed E-state index contributed by atoms with van der Waals surface area (Å²) in [6.07, 6.45) is 4.04. The van der Waals surface area contributed by atoms with Crippen LogP contribution >= 0.6 is 35.7 Å². The molecule has 1 aliphatic heterocycles. The molecule has 7 heteroatoms. The fraction of sp³-hybridized carbons (Fsp3) is 0.652. The molecule has 1 saturated heterocycles. The van der Waals surface area contributed by atoms with Gasteiger partial charge in [-0.05, 0) is 44.1 Å². The van der Waals surface area contributed by atoms with Gasteiger partial charge in [-0.15, -0.1) is 24.0 Å². The van der Waals surface area contributed by atoms with Gasteiger partial charge in [-0.2, -0.15) is 11.8 Å². The first-order chi connectivity index (χ1) is 14.1. The van der Waals surface area contributed by atoms with Crippen LogP contribution < -0.4 is 10.6 Å². The van der Waals surface area contributed by atoms with Crippen LogP contribution in [0, 0.1) is 12.8 Å². The molecule has 2 fully saturated rings. The van der Waals surface area contributed by atoms with Crippen LogP contribution in [0.5, 0.6) is 0 Å². The van der Waals surface area contributed by atoms with Crippen LogP contribution in [0.15, 0.2) is 29.3 Å². The van der Waals surface area contributed by atoms with Crippen molar-refractivity contribution in [1.29, 1.82) is 0 Å². The number of nitrogens with one attached hydrogen (secondary N) is 2. The van der Waals surface area contributed by atoms with Crippen LogP contribution in [0.3, 0.4) is 0 Å². The van der Waals surface area contributed by atoms with Crippen molar-refractivity contribution in [3.05, 3.63) is 35.4 Å². The first-order valence-electron chi connectivity index (χ1n) is 11.0. The van der Waals surface area contributed by atoms with Crippen molar-refractivity contribution >= 4 is 47.6 Å². The minimum Gasteiger partial charge on any atom is -0.356 e. The summed E-state index contributed by atoms with van der Waals surface area (Å²) in [7, 11) is 1.83. The van der Waals surface area contributed by atoms with Gasteiger partial charge in [-0.25, -0.2) is 0 Å². The monoisotopic (exact) mass is 544 g/mol. The summed E-state index contributed by atoms with van der Waals surface area (Å²) in [5.41, 5.74) is 2.63. The van der Waals surface area contributed by atoms with Gasteiger partial charge in [0.05, 0.1) is 0 Å². The lowest BCUT2D eigenvalue weighted by Crippen LogP contribution is -2.47. The first kappa shape index (κ1) is 25.3. The molecule has 1 atom stereocenters. The Morgan fingerprint density at radius 3 is 2.40 bits per heavy atom. The van der Waals surface area contributed by atoms with E-state index in [1.54, 1.807) is 0 Å². The van der Waals surface area contributed by atoms with Crippen molar-refractivity contribution in [1.82, 2.24) is 15.5 Å². The zero-order valence-electron chi connectivity index (χ0n) is 18.5. The predicted octanol–water partition coefficient (Wildman–Crippen LogP) is 4.02. The molecular formula is C23H37IN4OS. The second-order valence-corrected chi connectivity index (χ2v) is 9.62.